The summed E-state index contributed by atoms with van der Waals surface area (Å²) in [5.74, 6) is 1.95. The molecular formula is C28H29ClN6O. The maximum Gasteiger partial charge on any atom is 0.132 e. The molecule has 4 aromatic rings. The summed E-state index contributed by atoms with van der Waals surface area (Å²) >= 11 is 0. The number of halogens is 1. The second-order valence-electron chi connectivity index (χ2n) is 9.63. The SMILES string of the molecule is CO[C@H]1CC[C@H](n2cnc3ccc(-c4cc(C5CC5)cc(Nc5cc(C#N)ccn5)n4)cc32)CC1.Cl. The summed E-state index contributed by atoms with van der Waals surface area (Å²) in [6.07, 6.45) is 10.8. The van der Waals surface area contributed by atoms with E-state index in [-0.39, 0.29) is 12.4 Å². The van der Waals surface area contributed by atoms with Crippen LogP contribution in [0, 0.1) is 11.3 Å². The lowest BCUT2D eigenvalue weighted by Gasteiger charge is -2.28. The first-order valence-corrected chi connectivity index (χ1v) is 12.3. The maximum absolute atomic E-state index is 9.22. The van der Waals surface area contributed by atoms with E-state index in [4.69, 9.17) is 9.72 Å². The fourth-order valence-corrected chi connectivity index (χ4v) is 5.15. The molecule has 0 amide bonds. The summed E-state index contributed by atoms with van der Waals surface area (Å²) in [6, 6.07) is 16.8. The number of anilines is 2. The lowest BCUT2D eigenvalue weighted by Crippen LogP contribution is -2.22. The summed E-state index contributed by atoms with van der Waals surface area (Å²) in [6.45, 7) is 0. The predicted molar refractivity (Wildman–Crippen MR) is 143 cm³/mol. The van der Waals surface area contributed by atoms with Crippen LogP contribution in [0.1, 0.15) is 61.6 Å². The highest BCUT2D eigenvalue weighted by atomic mass is 35.5. The molecule has 8 heteroatoms. The molecule has 2 aliphatic rings. The van der Waals surface area contributed by atoms with Gasteiger partial charge in [-0.3, -0.25) is 0 Å². The van der Waals surface area contributed by atoms with Crippen molar-refractivity contribution >= 4 is 35.1 Å². The van der Waals surface area contributed by atoms with Gasteiger partial charge in [0.15, 0.2) is 0 Å². The van der Waals surface area contributed by atoms with E-state index in [0.29, 0.717) is 29.4 Å². The Hall–Kier alpha value is -3.47. The van der Waals surface area contributed by atoms with Crippen LogP contribution >= 0.6 is 12.4 Å². The second kappa shape index (κ2) is 10.3. The summed E-state index contributed by atoms with van der Waals surface area (Å²) in [7, 11) is 1.81. The lowest BCUT2D eigenvalue weighted by molar-refractivity contribution is 0.0589. The molecule has 2 saturated carbocycles. The van der Waals surface area contributed by atoms with Crippen molar-refractivity contribution in [2.75, 3.05) is 12.4 Å². The quantitative estimate of drug-likeness (QED) is 0.323. The van der Waals surface area contributed by atoms with Crippen molar-refractivity contribution in [1.82, 2.24) is 19.5 Å². The highest BCUT2D eigenvalue weighted by Crippen LogP contribution is 2.42. The van der Waals surface area contributed by atoms with Gasteiger partial charge in [-0.25, -0.2) is 15.0 Å². The van der Waals surface area contributed by atoms with Gasteiger partial charge in [-0.05, 0) is 86.4 Å². The third kappa shape index (κ3) is 4.92. The molecular weight excluding hydrogens is 472 g/mol. The minimum absolute atomic E-state index is 0. The number of nitriles is 1. The first kappa shape index (κ1) is 24.2. The molecule has 6 rings (SSSR count). The average Bonchev–Trinajstić information content (AvgIpc) is 3.68. The van der Waals surface area contributed by atoms with Crippen LogP contribution < -0.4 is 5.32 Å². The zero-order valence-electron chi connectivity index (χ0n) is 20.2. The van der Waals surface area contributed by atoms with E-state index in [1.165, 1.54) is 18.4 Å². The summed E-state index contributed by atoms with van der Waals surface area (Å²) in [5.41, 5.74) is 6.04. The van der Waals surface area contributed by atoms with Crippen LogP contribution in [0.25, 0.3) is 22.3 Å². The van der Waals surface area contributed by atoms with Gasteiger partial charge in [0.2, 0.25) is 0 Å². The number of pyridine rings is 2. The largest absolute Gasteiger partial charge is 0.381 e. The number of rotatable bonds is 6. The summed E-state index contributed by atoms with van der Waals surface area (Å²) < 4.78 is 7.90. The number of imidazole rings is 1. The molecule has 36 heavy (non-hydrogen) atoms. The Morgan fingerprint density at radius 2 is 1.81 bits per heavy atom. The molecule has 184 valence electrons. The molecule has 3 heterocycles. The minimum atomic E-state index is 0. The van der Waals surface area contributed by atoms with Crippen molar-refractivity contribution < 1.29 is 4.74 Å². The highest BCUT2D eigenvalue weighted by molar-refractivity contribution is 5.85. The van der Waals surface area contributed by atoms with Crippen molar-refractivity contribution in [2.45, 2.75) is 56.6 Å². The van der Waals surface area contributed by atoms with Crippen LogP contribution in [0.4, 0.5) is 11.6 Å². The van der Waals surface area contributed by atoms with E-state index >= 15 is 0 Å². The zero-order valence-corrected chi connectivity index (χ0v) is 21.0. The number of ether oxygens (including phenoxy) is 1. The molecule has 7 nitrogen and oxygen atoms in total. The normalized spacial score (nSPS) is 19.4. The Morgan fingerprint density at radius 1 is 0.972 bits per heavy atom. The van der Waals surface area contributed by atoms with E-state index in [1.807, 2.05) is 13.4 Å². The number of methoxy groups -OCH3 is 1. The monoisotopic (exact) mass is 500 g/mol. The van der Waals surface area contributed by atoms with Gasteiger partial charge in [0.1, 0.15) is 11.6 Å². The van der Waals surface area contributed by atoms with Gasteiger partial charge >= 0.3 is 0 Å². The molecule has 3 aromatic heterocycles. The Bertz CT molecular complexity index is 1420. The second-order valence-corrected chi connectivity index (χ2v) is 9.63. The highest BCUT2D eigenvalue weighted by Gasteiger charge is 2.26. The van der Waals surface area contributed by atoms with Crippen LogP contribution in [0.5, 0.6) is 0 Å². The molecule has 1 N–H and O–H groups in total. The van der Waals surface area contributed by atoms with Gasteiger partial charge in [-0.1, -0.05) is 6.07 Å². The molecule has 2 fully saturated rings. The number of aromatic nitrogens is 4. The average molecular weight is 501 g/mol. The summed E-state index contributed by atoms with van der Waals surface area (Å²) in [4.78, 5) is 14.0. The number of hydrogen-bond donors (Lipinski definition) is 1. The first-order chi connectivity index (χ1) is 17.2. The fraction of sp³-hybridized carbons (Fsp3) is 0.357. The maximum atomic E-state index is 9.22. The van der Waals surface area contributed by atoms with Gasteiger partial charge in [-0.15, -0.1) is 12.4 Å². The number of fused-ring (bicyclic) bond motifs is 1. The number of benzene rings is 1. The van der Waals surface area contributed by atoms with Crippen LogP contribution in [0.15, 0.2) is 55.0 Å². The van der Waals surface area contributed by atoms with E-state index in [0.717, 1.165) is 53.8 Å². The van der Waals surface area contributed by atoms with E-state index < -0.39 is 0 Å². The third-order valence-electron chi connectivity index (χ3n) is 7.28. The molecule has 0 aliphatic heterocycles. The van der Waals surface area contributed by atoms with E-state index in [2.05, 4.69) is 56.3 Å². The molecule has 0 unspecified atom stereocenters. The van der Waals surface area contributed by atoms with Gasteiger partial charge in [0.05, 0.1) is 40.8 Å². The Morgan fingerprint density at radius 3 is 2.56 bits per heavy atom. The Balaban J connectivity index is 0.00000267. The van der Waals surface area contributed by atoms with Crippen LogP contribution in [-0.4, -0.2) is 32.7 Å². The number of nitrogens with one attached hydrogen (secondary N) is 1. The Labute approximate surface area is 217 Å². The molecule has 1 aromatic carbocycles. The van der Waals surface area contributed by atoms with Crippen LogP contribution in [0.2, 0.25) is 0 Å². The van der Waals surface area contributed by atoms with Gasteiger partial charge in [0, 0.05) is 24.9 Å². The van der Waals surface area contributed by atoms with E-state index in [9.17, 15) is 5.26 Å². The van der Waals surface area contributed by atoms with Crippen molar-refractivity contribution in [1.29, 1.82) is 5.26 Å². The molecule has 0 atom stereocenters. The summed E-state index contributed by atoms with van der Waals surface area (Å²) in [5, 5.41) is 12.5. The minimum Gasteiger partial charge on any atom is -0.381 e. The van der Waals surface area contributed by atoms with Crippen LogP contribution in [-0.2, 0) is 4.74 Å². The third-order valence-corrected chi connectivity index (χ3v) is 7.28. The van der Waals surface area contributed by atoms with Crippen molar-refractivity contribution in [3.8, 4) is 17.3 Å². The number of hydrogen-bond acceptors (Lipinski definition) is 6. The van der Waals surface area contributed by atoms with E-state index in [1.54, 1.807) is 18.3 Å². The predicted octanol–water partition coefficient (Wildman–Crippen LogP) is 6.54. The molecule has 0 radical (unpaired) electrons. The van der Waals surface area contributed by atoms with Gasteiger partial charge in [-0.2, -0.15) is 5.26 Å². The lowest BCUT2D eigenvalue weighted by atomic mass is 9.92. The Kier molecular flexibility index (Phi) is 6.90. The van der Waals surface area contributed by atoms with Gasteiger partial charge in [0.25, 0.3) is 0 Å². The van der Waals surface area contributed by atoms with Crippen molar-refractivity contribution in [3.05, 3.63) is 66.1 Å². The smallest absolute Gasteiger partial charge is 0.132 e. The topological polar surface area (TPSA) is 88.6 Å². The first-order valence-electron chi connectivity index (χ1n) is 12.3. The van der Waals surface area contributed by atoms with Crippen LogP contribution in [0.3, 0.4) is 0 Å². The molecule has 0 bridgehead atoms. The number of nitrogens with zero attached hydrogens (tertiary/aromatic N) is 5. The van der Waals surface area contributed by atoms with Crippen molar-refractivity contribution in [3.63, 3.8) is 0 Å². The molecule has 0 saturated heterocycles. The van der Waals surface area contributed by atoms with Crippen molar-refractivity contribution in [2.24, 2.45) is 0 Å². The zero-order chi connectivity index (χ0) is 23.8. The standard InChI is InChI=1S/C28H28N6O.ClH/c1-35-23-7-5-22(6-8-23)34-17-31-24-9-4-20(14-26(24)34)25-13-21(19-2-3-19)15-28(32-25)33-27-12-18(16-29)10-11-30-27;/h4,9-15,17,19,22-23H,2-3,5-8H2,1H3,(H,30,32,33);1H/t22-,23-;. The fourth-order valence-electron chi connectivity index (χ4n) is 5.15. The molecule has 2 aliphatic carbocycles. The van der Waals surface area contributed by atoms with Gasteiger partial charge < -0.3 is 14.6 Å². The molecule has 0 spiro atoms.